The van der Waals surface area contributed by atoms with Crippen LogP contribution in [0.1, 0.15) is 115 Å². The molecule has 6 N–H and O–H groups in total. The predicted molar refractivity (Wildman–Crippen MR) is 284 cm³/mol. The van der Waals surface area contributed by atoms with E-state index in [-0.39, 0.29) is 62.0 Å². The number of imide groups is 1. The van der Waals surface area contributed by atoms with Gasteiger partial charge in [-0.25, -0.2) is 4.39 Å². The van der Waals surface area contributed by atoms with Crippen LogP contribution in [0.5, 0.6) is 5.75 Å². The van der Waals surface area contributed by atoms with Crippen molar-refractivity contribution >= 4 is 53.3 Å². The van der Waals surface area contributed by atoms with Crippen LogP contribution < -0.4 is 31.3 Å². The maximum absolute atomic E-state index is 14.9. The molecule has 0 spiro atoms. The molecule has 19 nitrogen and oxygen atoms in total. The topological polar surface area (TPSA) is 240 Å². The molecule has 3 aromatic carbocycles. The Kier molecular flexibility index (Phi) is 21.6. The van der Waals surface area contributed by atoms with Crippen LogP contribution in [0.4, 0.5) is 15.8 Å². The van der Waals surface area contributed by atoms with Crippen LogP contribution in [-0.4, -0.2) is 120 Å². The molecule has 0 aliphatic carbocycles. The van der Waals surface area contributed by atoms with Crippen LogP contribution in [0.3, 0.4) is 0 Å². The van der Waals surface area contributed by atoms with Crippen molar-refractivity contribution < 1.29 is 47.3 Å². The number of halogens is 2. The smallest absolute Gasteiger partial charge is 0.255 e. The summed E-state index contributed by atoms with van der Waals surface area (Å²) in [6.07, 6.45) is 11.7. The minimum absolute atomic E-state index is 0. The summed E-state index contributed by atoms with van der Waals surface area (Å²) in [4.78, 5) is 72.1. The Morgan fingerprint density at radius 3 is 2.25 bits per heavy atom. The SMILES string of the molecule is Cl.O=C1CCC(N2Cc3c(NC(=O)CCCCCOCCOCCOCCCCCCOc4ccc(F)c(CNC(=O)c5cccc(NC6(c7nnc(-c8ccncc8)[nH]7)CCNCC6)c5)c4)cccc3C2=O)C(=O)N1. The van der Waals surface area contributed by atoms with Crippen molar-refractivity contribution in [1.82, 2.24) is 41.0 Å². The molecule has 2 aromatic heterocycles. The number of fused-ring (bicyclic) bond motifs is 1. The largest absolute Gasteiger partial charge is 0.494 e. The number of piperidine rings is 2. The number of carbonyl (C=O) groups is 5. The molecule has 0 radical (unpaired) electrons. The molecule has 1 unspecified atom stereocenters. The van der Waals surface area contributed by atoms with Crippen molar-refractivity contribution in [3.8, 4) is 17.1 Å². The molecule has 76 heavy (non-hydrogen) atoms. The number of amides is 5. The number of benzene rings is 3. The molecule has 8 rings (SSSR count). The quantitative estimate of drug-likeness (QED) is 0.0209. The van der Waals surface area contributed by atoms with Crippen molar-refractivity contribution in [2.45, 2.75) is 102 Å². The first-order valence-corrected chi connectivity index (χ1v) is 26.1. The zero-order valence-electron chi connectivity index (χ0n) is 42.7. The fourth-order valence-corrected chi connectivity index (χ4v) is 9.43. The second-order valence-corrected chi connectivity index (χ2v) is 18.9. The van der Waals surface area contributed by atoms with Gasteiger partial charge in [0.2, 0.25) is 17.7 Å². The standard InChI is InChI=1S/C55H67FN10O9.ClH/c56-45-16-15-42(35-40(45)36-59-51(69)39-10-8-11-41(34-39)63-55(21-25-58-26-22-55)54-62-50(64-65-54)38-19-23-57-24-20-38)75-29-7-2-1-5-27-72-30-32-74-33-31-73-28-6-3-4-14-48(67)60-46-13-9-12-43-44(46)37-66(53(43)71)47-17-18-49(68)61-52(47)70;/h8-13,15-16,19-20,23-24,34-35,47,58,63H,1-7,14,17-18,21-22,25-33,36-37H2,(H,59,69)(H,60,67)(H,61,68,70)(H,62,64,65);1H. The van der Waals surface area contributed by atoms with Gasteiger partial charge in [0.05, 0.1) is 38.6 Å². The molecule has 3 aliphatic heterocycles. The lowest BCUT2D eigenvalue weighted by atomic mass is 9.87. The highest BCUT2D eigenvalue weighted by Crippen LogP contribution is 2.35. The lowest BCUT2D eigenvalue weighted by molar-refractivity contribution is -0.137. The third-order valence-corrected chi connectivity index (χ3v) is 13.6. The van der Waals surface area contributed by atoms with Gasteiger partial charge in [0, 0.05) is 90.7 Å². The van der Waals surface area contributed by atoms with Crippen LogP contribution in [0.25, 0.3) is 11.4 Å². The second kappa shape index (κ2) is 28.9. The summed E-state index contributed by atoms with van der Waals surface area (Å²) in [7, 11) is 0. The van der Waals surface area contributed by atoms with Crippen LogP contribution in [0.2, 0.25) is 0 Å². The van der Waals surface area contributed by atoms with Gasteiger partial charge in [0.1, 0.15) is 17.6 Å². The Bertz CT molecular complexity index is 2730. The number of rotatable bonds is 29. The van der Waals surface area contributed by atoms with Crippen LogP contribution in [0, 0.1) is 5.82 Å². The number of pyridine rings is 1. The van der Waals surface area contributed by atoms with Gasteiger partial charge in [0.15, 0.2) is 11.6 Å². The summed E-state index contributed by atoms with van der Waals surface area (Å²) in [6.45, 7) is 5.38. The molecular formula is C55H68ClFN10O9. The predicted octanol–water partition coefficient (Wildman–Crippen LogP) is 7.00. The van der Waals surface area contributed by atoms with E-state index in [1.807, 2.05) is 24.3 Å². The molecule has 2 saturated heterocycles. The average Bonchev–Trinajstić information content (AvgIpc) is 4.07. The number of hydrogen-bond acceptors (Lipinski definition) is 14. The van der Waals surface area contributed by atoms with E-state index in [0.29, 0.717) is 98.6 Å². The van der Waals surface area contributed by atoms with E-state index >= 15 is 0 Å². The van der Waals surface area contributed by atoms with E-state index in [1.54, 1.807) is 54.9 Å². The number of aromatic nitrogens is 4. The summed E-state index contributed by atoms with van der Waals surface area (Å²) in [5.74, 6) is -0.0597. The zero-order valence-corrected chi connectivity index (χ0v) is 43.5. The number of H-pyrrole nitrogens is 1. The number of hydrogen-bond donors (Lipinski definition) is 6. The van der Waals surface area contributed by atoms with Crippen LogP contribution >= 0.6 is 12.4 Å². The fraction of sp³-hybridized carbons (Fsp3) is 0.455. The van der Waals surface area contributed by atoms with Crippen molar-refractivity contribution in [1.29, 1.82) is 0 Å². The lowest BCUT2D eigenvalue weighted by Crippen LogP contribution is -2.52. The number of nitrogens with one attached hydrogen (secondary N) is 6. The number of unbranched alkanes of at least 4 members (excludes halogenated alkanes) is 5. The lowest BCUT2D eigenvalue weighted by Gasteiger charge is -2.37. The molecule has 0 bridgehead atoms. The Labute approximate surface area is 448 Å². The maximum atomic E-state index is 14.9. The summed E-state index contributed by atoms with van der Waals surface area (Å²) in [5.41, 5.74) is 3.59. The van der Waals surface area contributed by atoms with Gasteiger partial charge in [-0.2, -0.15) is 0 Å². The molecule has 0 saturated carbocycles. The van der Waals surface area contributed by atoms with E-state index < -0.39 is 23.3 Å². The van der Waals surface area contributed by atoms with Crippen molar-refractivity contribution in [2.24, 2.45) is 0 Å². The van der Waals surface area contributed by atoms with E-state index in [9.17, 15) is 28.4 Å². The first-order chi connectivity index (χ1) is 36.7. The molecule has 5 amide bonds. The summed E-state index contributed by atoms with van der Waals surface area (Å²) >= 11 is 0. The molecule has 3 aliphatic rings. The van der Waals surface area contributed by atoms with Gasteiger partial charge in [-0.15, -0.1) is 22.6 Å². The highest BCUT2D eigenvalue weighted by atomic mass is 35.5. The summed E-state index contributed by atoms with van der Waals surface area (Å²) in [5, 5.41) is 24.1. The highest BCUT2D eigenvalue weighted by molar-refractivity contribution is 6.06. The third-order valence-electron chi connectivity index (χ3n) is 13.6. The number of ether oxygens (including phenoxy) is 4. The van der Waals surface area contributed by atoms with Gasteiger partial charge >= 0.3 is 0 Å². The van der Waals surface area contributed by atoms with E-state index in [0.717, 1.165) is 81.5 Å². The van der Waals surface area contributed by atoms with Crippen LogP contribution in [-0.2, 0) is 47.2 Å². The van der Waals surface area contributed by atoms with Crippen LogP contribution in [0.15, 0.2) is 85.2 Å². The minimum Gasteiger partial charge on any atom is -0.494 e. The van der Waals surface area contributed by atoms with Crippen molar-refractivity contribution in [3.05, 3.63) is 119 Å². The van der Waals surface area contributed by atoms with Crippen molar-refractivity contribution in [2.75, 3.05) is 70.0 Å². The van der Waals surface area contributed by atoms with Gasteiger partial charge in [0.25, 0.3) is 11.8 Å². The van der Waals surface area contributed by atoms with E-state index in [2.05, 4.69) is 46.7 Å². The number of aromatic amines is 1. The number of carbonyl (C=O) groups excluding carboxylic acids is 5. The molecule has 406 valence electrons. The fourth-order valence-electron chi connectivity index (χ4n) is 9.43. The Morgan fingerprint density at radius 2 is 1.50 bits per heavy atom. The monoisotopic (exact) mass is 1070 g/mol. The van der Waals surface area contributed by atoms with Crippen molar-refractivity contribution in [3.63, 3.8) is 0 Å². The first-order valence-electron chi connectivity index (χ1n) is 26.1. The zero-order chi connectivity index (χ0) is 52.2. The third kappa shape index (κ3) is 15.9. The second-order valence-electron chi connectivity index (χ2n) is 18.9. The Balaban J connectivity index is 0.00000840. The van der Waals surface area contributed by atoms with Gasteiger partial charge in [-0.3, -0.25) is 34.3 Å². The molecule has 21 heteroatoms. The Morgan fingerprint density at radius 1 is 0.789 bits per heavy atom. The molecular weight excluding hydrogens is 999 g/mol. The summed E-state index contributed by atoms with van der Waals surface area (Å²) < 4.78 is 37.8. The Hall–Kier alpha value is -6.84. The normalized spacial score (nSPS) is 15.9. The molecule has 2 fully saturated rings. The number of nitrogens with zero attached hydrogens (tertiary/aromatic N) is 4. The van der Waals surface area contributed by atoms with Gasteiger partial charge in [-0.05, 0) is 125 Å². The highest BCUT2D eigenvalue weighted by Gasteiger charge is 2.40. The molecule has 1 atom stereocenters. The average molecular weight is 1070 g/mol. The van der Waals surface area contributed by atoms with E-state index in [4.69, 9.17) is 18.9 Å². The maximum Gasteiger partial charge on any atom is 0.255 e. The first kappa shape index (κ1) is 56.9. The van der Waals surface area contributed by atoms with E-state index in [1.165, 1.54) is 11.0 Å². The minimum atomic E-state index is -0.712. The van der Waals surface area contributed by atoms with Gasteiger partial charge in [-0.1, -0.05) is 25.0 Å². The molecule has 5 aromatic rings. The number of anilines is 2. The summed E-state index contributed by atoms with van der Waals surface area (Å²) in [6, 6.07) is 20.1. The molecule has 5 heterocycles. The van der Waals surface area contributed by atoms with Gasteiger partial charge < -0.3 is 50.1 Å².